The van der Waals surface area contributed by atoms with Crippen LogP contribution in [0.3, 0.4) is 0 Å². The number of hydrogen-bond donors (Lipinski definition) is 1. The molecule has 0 heterocycles. The fourth-order valence-corrected chi connectivity index (χ4v) is 0.968. The third-order valence-electron chi connectivity index (χ3n) is 1.70. The summed E-state index contributed by atoms with van der Waals surface area (Å²) in [5.74, 6) is -0.240. The van der Waals surface area contributed by atoms with Gasteiger partial charge in [0.05, 0.1) is 6.61 Å². The first-order valence-electron chi connectivity index (χ1n) is 3.77. The predicted molar refractivity (Wildman–Crippen MR) is 47.1 cm³/mol. The van der Waals surface area contributed by atoms with Crippen LogP contribution < -0.4 is 0 Å². The van der Waals surface area contributed by atoms with Gasteiger partial charge in [-0.05, 0) is 30.2 Å². The van der Waals surface area contributed by atoms with E-state index in [1.807, 2.05) is 6.92 Å². The molecule has 1 nitrogen and oxygen atoms in total. The van der Waals surface area contributed by atoms with E-state index in [2.05, 4.69) is 0 Å². The van der Waals surface area contributed by atoms with Gasteiger partial charge in [-0.3, -0.25) is 0 Å². The van der Waals surface area contributed by atoms with E-state index in [0.29, 0.717) is 0 Å². The molecule has 0 aliphatic carbocycles. The zero-order valence-corrected chi connectivity index (χ0v) is 6.92. The Morgan fingerprint density at radius 1 is 1.42 bits per heavy atom. The van der Waals surface area contributed by atoms with E-state index in [1.165, 1.54) is 12.1 Å². The summed E-state index contributed by atoms with van der Waals surface area (Å²) in [6, 6.07) is 6.20. The maximum atomic E-state index is 12.5. The summed E-state index contributed by atoms with van der Waals surface area (Å²) in [6.07, 6.45) is 1.69. The molecule has 64 valence electrons. The van der Waals surface area contributed by atoms with E-state index < -0.39 is 0 Å². The highest BCUT2D eigenvalue weighted by atomic mass is 19.1. The van der Waals surface area contributed by atoms with Crippen LogP contribution in [0.1, 0.15) is 12.5 Å². The standard InChI is InChI=1S/C10H11FO/c1-8(6-7-12)9-2-4-10(11)5-3-9/h2-6,12H,7H2,1H3/b8-6-. The number of halogens is 1. The molecule has 1 aromatic carbocycles. The minimum Gasteiger partial charge on any atom is -0.392 e. The molecule has 1 N–H and O–H groups in total. The van der Waals surface area contributed by atoms with Crippen molar-refractivity contribution in [2.45, 2.75) is 6.92 Å². The summed E-state index contributed by atoms with van der Waals surface area (Å²) < 4.78 is 12.5. The molecule has 0 spiro atoms. The molecule has 0 unspecified atom stereocenters. The first-order chi connectivity index (χ1) is 5.74. The van der Waals surface area contributed by atoms with Crippen LogP contribution in [0.25, 0.3) is 5.57 Å². The smallest absolute Gasteiger partial charge is 0.123 e. The van der Waals surface area contributed by atoms with Crippen molar-refractivity contribution in [2.75, 3.05) is 6.61 Å². The molecule has 0 saturated heterocycles. The van der Waals surface area contributed by atoms with E-state index >= 15 is 0 Å². The molecule has 0 fully saturated rings. The SMILES string of the molecule is C/C(=C/CO)c1ccc(F)cc1. The molecule has 0 saturated carbocycles. The Kier molecular flexibility index (Phi) is 3.00. The molecule has 1 aromatic rings. The third-order valence-corrected chi connectivity index (χ3v) is 1.70. The molecule has 0 amide bonds. The Morgan fingerprint density at radius 2 is 2.00 bits per heavy atom. The summed E-state index contributed by atoms with van der Waals surface area (Å²) in [4.78, 5) is 0. The largest absolute Gasteiger partial charge is 0.392 e. The normalized spacial score (nSPS) is 11.8. The van der Waals surface area contributed by atoms with Gasteiger partial charge in [-0.25, -0.2) is 4.39 Å². The minimum atomic E-state index is -0.240. The van der Waals surface area contributed by atoms with Crippen molar-refractivity contribution in [3.63, 3.8) is 0 Å². The Balaban J connectivity index is 2.89. The van der Waals surface area contributed by atoms with Crippen LogP contribution in [0.4, 0.5) is 4.39 Å². The van der Waals surface area contributed by atoms with Crippen molar-refractivity contribution >= 4 is 5.57 Å². The Hall–Kier alpha value is -1.15. The van der Waals surface area contributed by atoms with Crippen LogP contribution in [0.5, 0.6) is 0 Å². The molecule has 2 heteroatoms. The van der Waals surface area contributed by atoms with Crippen molar-refractivity contribution < 1.29 is 9.50 Å². The second-order valence-corrected chi connectivity index (χ2v) is 2.58. The maximum Gasteiger partial charge on any atom is 0.123 e. The molecule has 0 aliphatic heterocycles. The lowest BCUT2D eigenvalue weighted by molar-refractivity contribution is 0.343. The van der Waals surface area contributed by atoms with Crippen LogP contribution in [0, 0.1) is 5.82 Å². The first kappa shape index (κ1) is 8.94. The van der Waals surface area contributed by atoms with Gasteiger partial charge in [-0.1, -0.05) is 18.2 Å². The van der Waals surface area contributed by atoms with Gasteiger partial charge in [0.15, 0.2) is 0 Å². The lowest BCUT2D eigenvalue weighted by Crippen LogP contribution is -1.82. The summed E-state index contributed by atoms with van der Waals surface area (Å²) in [7, 11) is 0. The van der Waals surface area contributed by atoms with E-state index in [-0.39, 0.29) is 12.4 Å². The van der Waals surface area contributed by atoms with Crippen LogP contribution in [-0.4, -0.2) is 11.7 Å². The molecule has 0 aromatic heterocycles. The Bertz CT molecular complexity index is 274. The summed E-state index contributed by atoms with van der Waals surface area (Å²) in [5.41, 5.74) is 1.89. The van der Waals surface area contributed by atoms with Crippen LogP contribution >= 0.6 is 0 Å². The molecular formula is C10H11FO. The molecule has 1 rings (SSSR count). The van der Waals surface area contributed by atoms with Crippen molar-refractivity contribution in [2.24, 2.45) is 0 Å². The highest BCUT2D eigenvalue weighted by molar-refractivity contribution is 5.63. The molecular weight excluding hydrogens is 155 g/mol. The average molecular weight is 166 g/mol. The van der Waals surface area contributed by atoms with Gasteiger partial charge < -0.3 is 5.11 Å². The van der Waals surface area contributed by atoms with Crippen molar-refractivity contribution in [3.05, 3.63) is 41.7 Å². The molecule has 0 radical (unpaired) electrons. The first-order valence-corrected chi connectivity index (χ1v) is 3.77. The molecule has 0 aliphatic rings. The predicted octanol–water partition coefficient (Wildman–Crippen LogP) is 2.22. The molecule has 0 bridgehead atoms. The lowest BCUT2D eigenvalue weighted by atomic mass is 10.1. The number of aliphatic hydroxyl groups excluding tert-OH is 1. The van der Waals surface area contributed by atoms with Crippen LogP contribution in [0.15, 0.2) is 30.3 Å². The van der Waals surface area contributed by atoms with E-state index in [0.717, 1.165) is 11.1 Å². The number of aliphatic hydroxyl groups is 1. The fourth-order valence-electron chi connectivity index (χ4n) is 0.968. The average Bonchev–Trinajstić information content (AvgIpc) is 2.06. The van der Waals surface area contributed by atoms with Gasteiger partial charge in [0.25, 0.3) is 0 Å². The fraction of sp³-hybridized carbons (Fsp3) is 0.200. The van der Waals surface area contributed by atoms with Gasteiger partial charge in [0, 0.05) is 0 Å². The van der Waals surface area contributed by atoms with Gasteiger partial charge in [-0.15, -0.1) is 0 Å². The van der Waals surface area contributed by atoms with Crippen molar-refractivity contribution in [3.8, 4) is 0 Å². The zero-order chi connectivity index (χ0) is 8.97. The van der Waals surface area contributed by atoms with Gasteiger partial charge in [-0.2, -0.15) is 0 Å². The van der Waals surface area contributed by atoms with Crippen molar-refractivity contribution in [1.82, 2.24) is 0 Å². The van der Waals surface area contributed by atoms with E-state index in [9.17, 15) is 4.39 Å². The van der Waals surface area contributed by atoms with E-state index in [1.54, 1.807) is 18.2 Å². The monoisotopic (exact) mass is 166 g/mol. The van der Waals surface area contributed by atoms with Crippen LogP contribution in [0.2, 0.25) is 0 Å². The number of rotatable bonds is 2. The topological polar surface area (TPSA) is 20.2 Å². The second kappa shape index (κ2) is 4.02. The zero-order valence-electron chi connectivity index (χ0n) is 6.92. The summed E-state index contributed by atoms with van der Waals surface area (Å²) in [5, 5.41) is 8.60. The summed E-state index contributed by atoms with van der Waals surface area (Å²) >= 11 is 0. The molecule has 0 atom stereocenters. The minimum absolute atomic E-state index is 0.0171. The third kappa shape index (κ3) is 2.17. The second-order valence-electron chi connectivity index (χ2n) is 2.58. The van der Waals surface area contributed by atoms with E-state index in [4.69, 9.17) is 5.11 Å². The number of benzene rings is 1. The number of hydrogen-bond acceptors (Lipinski definition) is 1. The highest BCUT2D eigenvalue weighted by Crippen LogP contribution is 2.13. The lowest BCUT2D eigenvalue weighted by Gasteiger charge is -1.99. The number of allylic oxidation sites excluding steroid dienone is 1. The Labute approximate surface area is 71.2 Å². The van der Waals surface area contributed by atoms with Crippen LogP contribution in [-0.2, 0) is 0 Å². The quantitative estimate of drug-likeness (QED) is 0.714. The Morgan fingerprint density at radius 3 is 2.50 bits per heavy atom. The highest BCUT2D eigenvalue weighted by Gasteiger charge is 1.94. The van der Waals surface area contributed by atoms with Gasteiger partial charge in [0.2, 0.25) is 0 Å². The maximum absolute atomic E-state index is 12.5. The van der Waals surface area contributed by atoms with Crippen molar-refractivity contribution in [1.29, 1.82) is 0 Å². The molecule has 12 heavy (non-hydrogen) atoms. The van der Waals surface area contributed by atoms with Gasteiger partial charge >= 0.3 is 0 Å². The summed E-state index contributed by atoms with van der Waals surface area (Å²) in [6.45, 7) is 1.90. The van der Waals surface area contributed by atoms with Gasteiger partial charge in [0.1, 0.15) is 5.82 Å².